The van der Waals surface area contributed by atoms with Crippen molar-refractivity contribution in [2.24, 2.45) is 13.0 Å². The van der Waals surface area contributed by atoms with Crippen LogP contribution in [0.2, 0.25) is 0 Å². The molecule has 0 aromatic carbocycles. The maximum absolute atomic E-state index is 4.40. The molecule has 0 aliphatic rings. The third kappa shape index (κ3) is 3.07. The highest BCUT2D eigenvalue weighted by atomic mass is 15.3. The van der Waals surface area contributed by atoms with Gasteiger partial charge in [-0.25, -0.2) is 9.67 Å². The minimum atomic E-state index is 0.207. The van der Waals surface area contributed by atoms with Crippen molar-refractivity contribution in [3.05, 3.63) is 29.6 Å². The summed E-state index contributed by atoms with van der Waals surface area (Å²) in [7, 11) is 3.94. The van der Waals surface area contributed by atoms with E-state index in [0.717, 1.165) is 18.8 Å². The number of likely N-dealkylation sites (N-methyl/N-ethyl adjacent to an activating group) is 1. The summed E-state index contributed by atoms with van der Waals surface area (Å²) in [5, 5.41) is 12.0. The van der Waals surface area contributed by atoms with E-state index in [4.69, 9.17) is 0 Å². The van der Waals surface area contributed by atoms with Gasteiger partial charge in [-0.2, -0.15) is 10.2 Å². The summed E-state index contributed by atoms with van der Waals surface area (Å²) >= 11 is 0. The van der Waals surface area contributed by atoms with Crippen molar-refractivity contribution >= 4 is 0 Å². The predicted octanol–water partition coefficient (Wildman–Crippen LogP) is 1.48. The molecule has 1 unspecified atom stereocenters. The van der Waals surface area contributed by atoms with Crippen LogP contribution in [0, 0.1) is 12.8 Å². The zero-order valence-corrected chi connectivity index (χ0v) is 13.0. The van der Waals surface area contributed by atoms with Crippen LogP contribution in [0.1, 0.15) is 37.0 Å². The van der Waals surface area contributed by atoms with Crippen molar-refractivity contribution in [1.29, 1.82) is 0 Å². The molecule has 1 atom stereocenters. The molecule has 110 valence electrons. The Hall–Kier alpha value is -1.69. The predicted molar refractivity (Wildman–Crippen MR) is 78.3 cm³/mol. The number of aromatic nitrogens is 5. The lowest BCUT2D eigenvalue weighted by atomic mass is 10.0. The topological polar surface area (TPSA) is 60.6 Å². The molecule has 2 aromatic rings. The summed E-state index contributed by atoms with van der Waals surface area (Å²) in [6.07, 6.45) is 4.38. The van der Waals surface area contributed by atoms with E-state index >= 15 is 0 Å². The first-order chi connectivity index (χ1) is 9.52. The Labute approximate surface area is 120 Å². The molecule has 0 aliphatic heterocycles. The van der Waals surface area contributed by atoms with E-state index in [1.807, 2.05) is 29.7 Å². The number of hydrogen-bond donors (Lipinski definition) is 1. The Kier molecular flexibility index (Phi) is 4.54. The monoisotopic (exact) mass is 276 g/mol. The highest BCUT2D eigenvalue weighted by Crippen LogP contribution is 2.20. The standard InChI is InChI=1S/C14H24N6/c1-10(2)8-20-14(16-9-18-20)6-13(15-4)12-7-17-19(5)11(12)3/h7,9-10,13,15H,6,8H2,1-5H3. The van der Waals surface area contributed by atoms with E-state index in [2.05, 4.69) is 41.3 Å². The van der Waals surface area contributed by atoms with Crippen molar-refractivity contribution in [3.8, 4) is 0 Å². The minimum absolute atomic E-state index is 0.207. The maximum Gasteiger partial charge on any atom is 0.138 e. The lowest BCUT2D eigenvalue weighted by Crippen LogP contribution is -2.22. The van der Waals surface area contributed by atoms with Crippen LogP contribution in [0.4, 0.5) is 0 Å². The summed E-state index contributed by atoms with van der Waals surface area (Å²) in [4.78, 5) is 4.40. The average molecular weight is 276 g/mol. The van der Waals surface area contributed by atoms with Crippen molar-refractivity contribution in [1.82, 2.24) is 29.9 Å². The smallest absolute Gasteiger partial charge is 0.138 e. The summed E-state index contributed by atoms with van der Waals surface area (Å²) in [6, 6.07) is 0.207. The number of aryl methyl sites for hydroxylation is 1. The molecule has 0 saturated carbocycles. The second kappa shape index (κ2) is 6.17. The lowest BCUT2D eigenvalue weighted by Gasteiger charge is -2.16. The van der Waals surface area contributed by atoms with Crippen molar-refractivity contribution < 1.29 is 0 Å². The molecule has 0 saturated heterocycles. The first-order valence-electron chi connectivity index (χ1n) is 7.05. The maximum atomic E-state index is 4.40. The third-order valence-corrected chi connectivity index (χ3v) is 3.62. The number of nitrogens with one attached hydrogen (secondary N) is 1. The van der Waals surface area contributed by atoms with Gasteiger partial charge in [0.05, 0.1) is 6.20 Å². The SMILES string of the molecule is CNC(Cc1ncnn1CC(C)C)c1cnn(C)c1C. The molecule has 6 heteroatoms. The van der Waals surface area contributed by atoms with E-state index in [-0.39, 0.29) is 6.04 Å². The van der Waals surface area contributed by atoms with Crippen LogP contribution in [0.3, 0.4) is 0 Å². The van der Waals surface area contributed by atoms with E-state index in [1.165, 1.54) is 11.3 Å². The van der Waals surface area contributed by atoms with Gasteiger partial charge in [-0.15, -0.1) is 0 Å². The van der Waals surface area contributed by atoms with Crippen molar-refractivity contribution in [3.63, 3.8) is 0 Å². The van der Waals surface area contributed by atoms with Crippen LogP contribution in [0.25, 0.3) is 0 Å². The van der Waals surface area contributed by atoms with Crippen LogP contribution >= 0.6 is 0 Å². The normalized spacial score (nSPS) is 13.1. The third-order valence-electron chi connectivity index (χ3n) is 3.62. The van der Waals surface area contributed by atoms with Crippen LogP contribution in [-0.4, -0.2) is 31.6 Å². The summed E-state index contributed by atoms with van der Waals surface area (Å²) in [6.45, 7) is 7.36. The fourth-order valence-corrected chi connectivity index (χ4v) is 2.35. The summed E-state index contributed by atoms with van der Waals surface area (Å²) in [5.41, 5.74) is 2.40. The van der Waals surface area contributed by atoms with E-state index in [0.29, 0.717) is 5.92 Å². The molecule has 0 bridgehead atoms. The first kappa shape index (κ1) is 14.7. The van der Waals surface area contributed by atoms with Crippen molar-refractivity contribution in [2.45, 2.75) is 39.8 Å². The van der Waals surface area contributed by atoms with Gasteiger partial charge in [-0.05, 0) is 19.9 Å². The zero-order valence-electron chi connectivity index (χ0n) is 13.0. The molecule has 6 nitrogen and oxygen atoms in total. The van der Waals surface area contributed by atoms with Gasteiger partial charge in [0.1, 0.15) is 12.2 Å². The average Bonchev–Trinajstić information content (AvgIpc) is 2.95. The van der Waals surface area contributed by atoms with E-state index in [1.54, 1.807) is 6.33 Å². The minimum Gasteiger partial charge on any atom is -0.313 e. The number of nitrogens with zero attached hydrogens (tertiary/aromatic N) is 5. The number of rotatable bonds is 6. The molecule has 0 aliphatic carbocycles. The Balaban J connectivity index is 2.19. The second-order valence-corrected chi connectivity index (χ2v) is 5.61. The molecular formula is C14H24N6. The fourth-order valence-electron chi connectivity index (χ4n) is 2.35. The quantitative estimate of drug-likeness (QED) is 0.868. The molecule has 2 heterocycles. The molecule has 0 radical (unpaired) electrons. The van der Waals surface area contributed by atoms with Gasteiger partial charge in [0.25, 0.3) is 0 Å². The Morgan fingerprint density at radius 1 is 1.30 bits per heavy atom. The first-order valence-corrected chi connectivity index (χ1v) is 7.05. The van der Waals surface area contributed by atoms with Gasteiger partial charge in [0.15, 0.2) is 0 Å². The highest BCUT2D eigenvalue weighted by molar-refractivity contribution is 5.21. The molecule has 1 N–H and O–H groups in total. The van der Waals surface area contributed by atoms with Crippen LogP contribution in [0.5, 0.6) is 0 Å². The molecular weight excluding hydrogens is 252 g/mol. The van der Waals surface area contributed by atoms with Gasteiger partial charge in [0, 0.05) is 37.3 Å². The summed E-state index contributed by atoms with van der Waals surface area (Å²) in [5.74, 6) is 1.57. The molecule has 0 amide bonds. The fraction of sp³-hybridized carbons (Fsp3) is 0.643. The molecule has 0 fully saturated rings. The van der Waals surface area contributed by atoms with E-state index in [9.17, 15) is 0 Å². The zero-order chi connectivity index (χ0) is 14.7. The van der Waals surface area contributed by atoms with Crippen LogP contribution in [-0.2, 0) is 20.0 Å². The van der Waals surface area contributed by atoms with Crippen LogP contribution < -0.4 is 5.32 Å². The van der Waals surface area contributed by atoms with Gasteiger partial charge in [0.2, 0.25) is 0 Å². The molecule has 2 aromatic heterocycles. The Bertz CT molecular complexity index is 554. The molecule has 0 spiro atoms. The van der Waals surface area contributed by atoms with Gasteiger partial charge in [-0.3, -0.25) is 4.68 Å². The summed E-state index contributed by atoms with van der Waals surface area (Å²) < 4.78 is 3.90. The number of hydrogen-bond acceptors (Lipinski definition) is 4. The molecule has 20 heavy (non-hydrogen) atoms. The van der Waals surface area contributed by atoms with E-state index < -0.39 is 0 Å². The Morgan fingerprint density at radius 2 is 2.05 bits per heavy atom. The second-order valence-electron chi connectivity index (χ2n) is 5.61. The van der Waals surface area contributed by atoms with Gasteiger partial charge in [-0.1, -0.05) is 13.8 Å². The molecule has 2 rings (SSSR count). The lowest BCUT2D eigenvalue weighted by molar-refractivity contribution is 0.451. The largest absolute Gasteiger partial charge is 0.313 e. The Morgan fingerprint density at radius 3 is 2.60 bits per heavy atom. The highest BCUT2D eigenvalue weighted by Gasteiger charge is 2.18. The van der Waals surface area contributed by atoms with Crippen LogP contribution in [0.15, 0.2) is 12.5 Å². The van der Waals surface area contributed by atoms with Crippen molar-refractivity contribution in [2.75, 3.05) is 7.05 Å². The van der Waals surface area contributed by atoms with Gasteiger partial charge < -0.3 is 5.32 Å². The van der Waals surface area contributed by atoms with Gasteiger partial charge >= 0.3 is 0 Å².